The van der Waals surface area contributed by atoms with Crippen LogP contribution in [0.4, 0.5) is 0 Å². The van der Waals surface area contributed by atoms with Crippen LogP contribution < -0.4 is 5.32 Å². The van der Waals surface area contributed by atoms with Gasteiger partial charge in [0.2, 0.25) is 5.89 Å². The molecule has 1 N–H and O–H groups in total. The monoisotopic (exact) mass is 266 g/mol. The fourth-order valence-corrected chi connectivity index (χ4v) is 2.61. The highest BCUT2D eigenvalue weighted by atomic mass is 16.5. The van der Waals surface area contributed by atoms with Crippen LogP contribution >= 0.6 is 0 Å². The largest absolute Gasteiger partial charge is 0.339 e. The summed E-state index contributed by atoms with van der Waals surface area (Å²) in [6.45, 7) is 12.8. The maximum atomic E-state index is 5.45. The maximum Gasteiger partial charge on any atom is 0.229 e. The van der Waals surface area contributed by atoms with E-state index in [4.69, 9.17) is 4.52 Å². The standard InChI is InChI=1S/C14H26N4O/c1-5-6-11(2)12-16-13(17-19-12)14(3,4)18-9-7-15-8-10-18/h11,15H,5-10H2,1-4H3. The van der Waals surface area contributed by atoms with Crippen molar-refractivity contribution in [2.45, 2.75) is 52.0 Å². The van der Waals surface area contributed by atoms with E-state index in [1.165, 1.54) is 0 Å². The minimum atomic E-state index is -0.157. The molecule has 1 saturated heterocycles. The fraction of sp³-hybridized carbons (Fsp3) is 0.857. The Balaban J connectivity index is 2.11. The molecule has 1 aliphatic rings. The molecule has 5 nitrogen and oxygen atoms in total. The number of piperazine rings is 1. The average molecular weight is 266 g/mol. The lowest BCUT2D eigenvalue weighted by Crippen LogP contribution is -2.52. The number of hydrogen-bond donors (Lipinski definition) is 1. The van der Waals surface area contributed by atoms with Gasteiger partial charge >= 0.3 is 0 Å². The van der Waals surface area contributed by atoms with Crippen molar-refractivity contribution in [2.24, 2.45) is 0 Å². The predicted molar refractivity (Wildman–Crippen MR) is 75.1 cm³/mol. The minimum absolute atomic E-state index is 0.157. The molecule has 0 radical (unpaired) electrons. The molecular weight excluding hydrogens is 240 g/mol. The highest BCUT2D eigenvalue weighted by molar-refractivity contribution is 5.04. The van der Waals surface area contributed by atoms with Gasteiger partial charge in [-0.1, -0.05) is 25.4 Å². The summed E-state index contributed by atoms with van der Waals surface area (Å²) in [5.41, 5.74) is -0.157. The third kappa shape index (κ3) is 3.15. The molecule has 1 unspecified atom stereocenters. The van der Waals surface area contributed by atoms with Crippen molar-refractivity contribution < 1.29 is 4.52 Å². The lowest BCUT2D eigenvalue weighted by Gasteiger charge is -2.38. The van der Waals surface area contributed by atoms with Crippen molar-refractivity contribution in [1.29, 1.82) is 0 Å². The molecule has 0 aromatic carbocycles. The van der Waals surface area contributed by atoms with Crippen LogP contribution in [0.3, 0.4) is 0 Å². The Morgan fingerprint density at radius 3 is 2.68 bits per heavy atom. The van der Waals surface area contributed by atoms with Gasteiger partial charge in [0.1, 0.15) is 0 Å². The van der Waals surface area contributed by atoms with Crippen molar-refractivity contribution in [1.82, 2.24) is 20.4 Å². The molecule has 19 heavy (non-hydrogen) atoms. The van der Waals surface area contributed by atoms with Crippen LogP contribution in [-0.2, 0) is 5.54 Å². The zero-order chi connectivity index (χ0) is 13.9. The Labute approximate surface area is 115 Å². The van der Waals surface area contributed by atoms with Crippen LogP contribution in [-0.4, -0.2) is 41.2 Å². The molecule has 5 heteroatoms. The summed E-state index contributed by atoms with van der Waals surface area (Å²) in [5, 5.41) is 7.59. The molecule has 0 spiro atoms. The first-order valence-electron chi connectivity index (χ1n) is 7.35. The summed E-state index contributed by atoms with van der Waals surface area (Å²) >= 11 is 0. The van der Waals surface area contributed by atoms with Crippen molar-refractivity contribution in [3.05, 3.63) is 11.7 Å². The smallest absolute Gasteiger partial charge is 0.229 e. The lowest BCUT2D eigenvalue weighted by molar-refractivity contribution is 0.0924. The van der Waals surface area contributed by atoms with Gasteiger partial charge in [0, 0.05) is 32.1 Å². The Morgan fingerprint density at radius 2 is 2.05 bits per heavy atom. The van der Waals surface area contributed by atoms with Crippen molar-refractivity contribution >= 4 is 0 Å². The van der Waals surface area contributed by atoms with E-state index in [2.05, 4.69) is 48.1 Å². The molecule has 0 saturated carbocycles. The molecular formula is C14H26N4O. The number of rotatable bonds is 5. The summed E-state index contributed by atoms with van der Waals surface area (Å²) in [6, 6.07) is 0. The summed E-state index contributed by atoms with van der Waals surface area (Å²) in [4.78, 5) is 7.06. The minimum Gasteiger partial charge on any atom is -0.339 e. The number of nitrogens with zero attached hydrogens (tertiary/aromatic N) is 3. The van der Waals surface area contributed by atoms with Crippen LogP contribution in [0, 0.1) is 0 Å². The quantitative estimate of drug-likeness (QED) is 0.884. The summed E-state index contributed by atoms with van der Waals surface area (Å²) < 4.78 is 5.45. The second kappa shape index (κ2) is 6.01. The summed E-state index contributed by atoms with van der Waals surface area (Å²) in [7, 11) is 0. The van der Waals surface area contributed by atoms with Crippen LogP contribution in [0.2, 0.25) is 0 Å². The van der Waals surface area contributed by atoms with E-state index in [0.717, 1.165) is 50.7 Å². The molecule has 2 rings (SSSR count). The van der Waals surface area contributed by atoms with Crippen molar-refractivity contribution in [3.8, 4) is 0 Å². The normalized spacial score (nSPS) is 19.6. The number of nitrogens with one attached hydrogen (secondary N) is 1. The maximum absolute atomic E-state index is 5.45. The second-order valence-corrected chi connectivity index (χ2v) is 5.94. The average Bonchev–Trinajstić information content (AvgIpc) is 2.90. The second-order valence-electron chi connectivity index (χ2n) is 5.94. The Hall–Kier alpha value is -0.940. The van der Waals surface area contributed by atoms with E-state index in [-0.39, 0.29) is 5.54 Å². The lowest BCUT2D eigenvalue weighted by atomic mass is 10.0. The van der Waals surface area contributed by atoms with Crippen LogP contribution in [0.1, 0.15) is 58.2 Å². The van der Waals surface area contributed by atoms with E-state index in [0.29, 0.717) is 5.92 Å². The molecule has 0 amide bonds. The van der Waals surface area contributed by atoms with Crippen molar-refractivity contribution in [2.75, 3.05) is 26.2 Å². The van der Waals surface area contributed by atoms with E-state index < -0.39 is 0 Å². The van der Waals surface area contributed by atoms with Gasteiger partial charge in [0.15, 0.2) is 5.82 Å². The highest BCUT2D eigenvalue weighted by Crippen LogP contribution is 2.27. The molecule has 2 heterocycles. The molecule has 1 fully saturated rings. The third-order valence-electron chi connectivity index (χ3n) is 4.04. The zero-order valence-electron chi connectivity index (χ0n) is 12.6. The Kier molecular flexibility index (Phi) is 4.58. The molecule has 0 bridgehead atoms. The molecule has 0 aliphatic carbocycles. The van der Waals surface area contributed by atoms with E-state index in [9.17, 15) is 0 Å². The molecule has 1 aromatic rings. The fourth-order valence-electron chi connectivity index (χ4n) is 2.61. The van der Waals surface area contributed by atoms with Gasteiger partial charge in [-0.2, -0.15) is 4.98 Å². The Bertz CT molecular complexity index is 396. The SMILES string of the molecule is CCCC(C)c1nc(C(C)(C)N2CCNCC2)no1. The topological polar surface area (TPSA) is 54.2 Å². The Morgan fingerprint density at radius 1 is 1.37 bits per heavy atom. The van der Waals surface area contributed by atoms with E-state index in [1.807, 2.05) is 0 Å². The molecule has 1 atom stereocenters. The summed E-state index contributed by atoms with van der Waals surface area (Å²) in [6.07, 6.45) is 2.23. The van der Waals surface area contributed by atoms with Crippen LogP contribution in [0.5, 0.6) is 0 Å². The number of aromatic nitrogens is 2. The first kappa shape index (κ1) is 14.5. The highest BCUT2D eigenvalue weighted by Gasteiger charge is 2.34. The van der Waals surface area contributed by atoms with Gasteiger partial charge in [0.25, 0.3) is 0 Å². The molecule has 108 valence electrons. The number of hydrogen-bond acceptors (Lipinski definition) is 5. The molecule has 1 aromatic heterocycles. The zero-order valence-corrected chi connectivity index (χ0v) is 12.6. The summed E-state index contributed by atoms with van der Waals surface area (Å²) in [5.74, 6) is 1.94. The van der Waals surface area contributed by atoms with Gasteiger partial charge in [-0.25, -0.2) is 0 Å². The predicted octanol–water partition coefficient (Wildman–Crippen LogP) is 2.11. The van der Waals surface area contributed by atoms with Crippen LogP contribution in [0.25, 0.3) is 0 Å². The van der Waals surface area contributed by atoms with Gasteiger partial charge in [0.05, 0.1) is 5.54 Å². The molecule has 1 aliphatic heterocycles. The first-order chi connectivity index (χ1) is 9.05. The van der Waals surface area contributed by atoms with Gasteiger partial charge in [-0.3, -0.25) is 4.90 Å². The van der Waals surface area contributed by atoms with Gasteiger partial charge in [-0.15, -0.1) is 0 Å². The van der Waals surface area contributed by atoms with E-state index in [1.54, 1.807) is 0 Å². The first-order valence-corrected chi connectivity index (χ1v) is 7.35. The van der Waals surface area contributed by atoms with Gasteiger partial charge in [-0.05, 0) is 20.3 Å². The third-order valence-corrected chi connectivity index (χ3v) is 4.04. The van der Waals surface area contributed by atoms with E-state index >= 15 is 0 Å². The van der Waals surface area contributed by atoms with Crippen LogP contribution in [0.15, 0.2) is 4.52 Å². The van der Waals surface area contributed by atoms with Gasteiger partial charge < -0.3 is 9.84 Å². The van der Waals surface area contributed by atoms with Crippen molar-refractivity contribution in [3.63, 3.8) is 0 Å².